The van der Waals surface area contributed by atoms with Crippen molar-refractivity contribution >= 4 is 21.4 Å². The van der Waals surface area contributed by atoms with Crippen molar-refractivity contribution in [1.82, 2.24) is 4.72 Å². The molecule has 0 fully saturated rings. The Labute approximate surface area is 99.1 Å². The second kappa shape index (κ2) is 5.74. The summed E-state index contributed by atoms with van der Waals surface area (Å²) in [5.74, 6) is 0. The van der Waals surface area contributed by atoms with E-state index in [4.69, 9.17) is 9.84 Å². The third-order valence-electron chi connectivity index (χ3n) is 2.00. The lowest BCUT2D eigenvalue weighted by molar-refractivity contribution is 0.204. The molecular formula is C9H15NO4S2. The highest BCUT2D eigenvalue weighted by Crippen LogP contribution is 2.26. The second-order valence-corrected chi connectivity index (χ2v) is 5.89. The first kappa shape index (κ1) is 13.6. The normalized spacial score (nSPS) is 11.9. The van der Waals surface area contributed by atoms with Crippen LogP contribution in [-0.4, -0.2) is 33.8 Å². The molecular weight excluding hydrogens is 250 g/mol. The van der Waals surface area contributed by atoms with Gasteiger partial charge in [-0.15, -0.1) is 11.3 Å². The summed E-state index contributed by atoms with van der Waals surface area (Å²) in [4.78, 5) is 0.651. The number of nitrogens with one attached hydrogen (secondary N) is 1. The summed E-state index contributed by atoms with van der Waals surface area (Å²) >= 11 is 1.24. The Morgan fingerprint density at radius 1 is 1.56 bits per heavy atom. The monoisotopic (exact) mass is 265 g/mol. The number of rotatable bonds is 6. The molecule has 0 saturated carbocycles. The van der Waals surface area contributed by atoms with E-state index in [1.54, 1.807) is 12.3 Å². The maximum absolute atomic E-state index is 11.9. The first-order valence-corrected chi connectivity index (χ1v) is 7.05. The van der Waals surface area contributed by atoms with Crippen LogP contribution in [0.25, 0.3) is 0 Å². The lowest BCUT2D eigenvalue weighted by Crippen LogP contribution is -2.28. The molecule has 0 aliphatic carbocycles. The number of sulfonamides is 1. The van der Waals surface area contributed by atoms with Crippen LogP contribution in [0, 0.1) is 6.92 Å². The average Bonchev–Trinajstić information content (AvgIpc) is 2.60. The van der Waals surface area contributed by atoms with E-state index in [0.717, 1.165) is 0 Å². The van der Waals surface area contributed by atoms with Crippen LogP contribution in [0.2, 0.25) is 0 Å². The first-order chi connectivity index (χ1) is 7.53. The van der Waals surface area contributed by atoms with E-state index in [9.17, 15) is 8.42 Å². The van der Waals surface area contributed by atoms with Crippen molar-refractivity contribution in [2.45, 2.75) is 18.4 Å². The number of aliphatic hydroxyl groups excluding tert-OH is 1. The zero-order valence-corrected chi connectivity index (χ0v) is 10.8. The fraction of sp³-hybridized carbons (Fsp3) is 0.556. The summed E-state index contributed by atoms with van der Waals surface area (Å²) in [6.45, 7) is 1.98. The molecule has 1 rings (SSSR count). The van der Waals surface area contributed by atoms with Crippen LogP contribution >= 0.6 is 11.3 Å². The molecule has 92 valence electrons. The molecule has 0 amide bonds. The van der Waals surface area contributed by atoms with E-state index in [0.29, 0.717) is 17.0 Å². The van der Waals surface area contributed by atoms with Gasteiger partial charge in [0.1, 0.15) is 4.90 Å². The first-order valence-electron chi connectivity index (χ1n) is 4.69. The minimum absolute atomic E-state index is 0.191. The third-order valence-corrected chi connectivity index (χ3v) is 4.91. The third kappa shape index (κ3) is 3.02. The minimum Gasteiger partial charge on any atom is -0.391 e. The molecule has 0 aromatic carbocycles. The molecule has 0 saturated heterocycles. The Kier molecular flexibility index (Phi) is 4.88. The van der Waals surface area contributed by atoms with Gasteiger partial charge in [-0.2, -0.15) is 0 Å². The number of aryl methyl sites for hydroxylation is 1. The van der Waals surface area contributed by atoms with Crippen molar-refractivity contribution in [2.24, 2.45) is 0 Å². The molecule has 0 unspecified atom stereocenters. The summed E-state index contributed by atoms with van der Waals surface area (Å²) < 4.78 is 31.0. The molecule has 0 aliphatic rings. The Morgan fingerprint density at radius 2 is 2.25 bits per heavy atom. The fourth-order valence-corrected chi connectivity index (χ4v) is 3.98. The number of thiophene rings is 1. The van der Waals surface area contributed by atoms with E-state index in [1.807, 2.05) is 0 Å². The molecule has 1 aromatic rings. The van der Waals surface area contributed by atoms with Crippen LogP contribution in [0.3, 0.4) is 0 Å². The number of methoxy groups -OCH3 is 1. The maximum atomic E-state index is 11.9. The van der Waals surface area contributed by atoms with Gasteiger partial charge in [-0.1, -0.05) is 0 Å². The molecule has 0 atom stereocenters. The molecule has 5 nitrogen and oxygen atoms in total. The summed E-state index contributed by atoms with van der Waals surface area (Å²) in [5, 5.41) is 10.8. The van der Waals surface area contributed by atoms with Crippen molar-refractivity contribution in [3.8, 4) is 0 Å². The zero-order chi connectivity index (χ0) is 12.2. The lowest BCUT2D eigenvalue weighted by atomic mass is 10.3. The van der Waals surface area contributed by atoms with E-state index in [1.165, 1.54) is 18.4 Å². The van der Waals surface area contributed by atoms with E-state index in [2.05, 4.69) is 4.72 Å². The minimum atomic E-state index is -3.54. The standard InChI is InChI=1S/C9H15NO4S2/c1-7-6-15-8(5-11)9(7)16(12,13)10-3-4-14-2/h6,10-11H,3-5H2,1-2H3. The zero-order valence-electron chi connectivity index (χ0n) is 9.19. The van der Waals surface area contributed by atoms with Gasteiger partial charge in [0.2, 0.25) is 10.0 Å². The maximum Gasteiger partial charge on any atom is 0.242 e. The van der Waals surface area contributed by atoms with E-state index >= 15 is 0 Å². The van der Waals surface area contributed by atoms with Crippen molar-refractivity contribution in [3.63, 3.8) is 0 Å². The largest absolute Gasteiger partial charge is 0.391 e. The predicted molar refractivity (Wildman–Crippen MR) is 62.0 cm³/mol. The van der Waals surface area contributed by atoms with Gasteiger partial charge in [0, 0.05) is 13.7 Å². The van der Waals surface area contributed by atoms with Crippen LogP contribution in [-0.2, 0) is 21.4 Å². The Hall–Kier alpha value is -0.470. The quantitative estimate of drug-likeness (QED) is 0.733. The van der Waals surface area contributed by atoms with E-state index in [-0.39, 0.29) is 18.0 Å². The van der Waals surface area contributed by atoms with Gasteiger partial charge >= 0.3 is 0 Å². The van der Waals surface area contributed by atoms with E-state index < -0.39 is 10.0 Å². The number of ether oxygens (including phenoxy) is 1. The van der Waals surface area contributed by atoms with Crippen LogP contribution in [0.1, 0.15) is 10.4 Å². The topological polar surface area (TPSA) is 75.6 Å². The Balaban J connectivity index is 2.93. The fourth-order valence-electron chi connectivity index (χ4n) is 1.31. The van der Waals surface area contributed by atoms with Crippen LogP contribution in [0.15, 0.2) is 10.3 Å². The number of hydrogen-bond donors (Lipinski definition) is 2. The van der Waals surface area contributed by atoms with Crippen molar-refractivity contribution in [1.29, 1.82) is 0 Å². The average molecular weight is 265 g/mol. The van der Waals surface area contributed by atoms with Gasteiger partial charge in [0.25, 0.3) is 0 Å². The number of aliphatic hydroxyl groups is 1. The highest BCUT2D eigenvalue weighted by atomic mass is 32.2. The Bertz CT molecular complexity index is 438. The molecule has 7 heteroatoms. The highest BCUT2D eigenvalue weighted by molar-refractivity contribution is 7.89. The molecule has 16 heavy (non-hydrogen) atoms. The highest BCUT2D eigenvalue weighted by Gasteiger charge is 2.21. The summed E-state index contributed by atoms with van der Waals surface area (Å²) in [6.07, 6.45) is 0. The lowest BCUT2D eigenvalue weighted by Gasteiger charge is -2.07. The van der Waals surface area contributed by atoms with Gasteiger partial charge in [-0.05, 0) is 17.9 Å². The van der Waals surface area contributed by atoms with Crippen LogP contribution in [0.4, 0.5) is 0 Å². The summed E-state index contributed by atoms with van der Waals surface area (Å²) in [7, 11) is -2.04. The number of hydrogen-bond acceptors (Lipinski definition) is 5. The van der Waals surface area contributed by atoms with Gasteiger partial charge in [-0.3, -0.25) is 0 Å². The van der Waals surface area contributed by atoms with Crippen molar-refractivity contribution in [2.75, 3.05) is 20.3 Å². The SMILES string of the molecule is COCCNS(=O)(=O)c1c(C)csc1CO. The smallest absolute Gasteiger partial charge is 0.242 e. The molecule has 2 N–H and O–H groups in total. The molecule has 0 bridgehead atoms. The second-order valence-electron chi connectivity index (χ2n) is 3.22. The summed E-state index contributed by atoms with van der Waals surface area (Å²) in [5.41, 5.74) is 0.652. The van der Waals surface area contributed by atoms with Crippen molar-refractivity contribution in [3.05, 3.63) is 15.8 Å². The molecule has 0 aliphatic heterocycles. The van der Waals surface area contributed by atoms with Crippen molar-refractivity contribution < 1.29 is 18.3 Å². The molecule has 0 radical (unpaired) electrons. The predicted octanol–water partition coefficient (Wildman–Crippen LogP) is 0.474. The Morgan fingerprint density at radius 3 is 2.81 bits per heavy atom. The van der Waals surface area contributed by atoms with Crippen LogP contribution in [0.5, 0.6) is 0 Å². The summed E-state index contributed by atoms with van der Waals surface area (Å²) in [6, 6.07) is 0. The van der Waals surface area contributed by atoms with Gasteiger partial charge in [0.05, 0.1) is 18.1 Å². The van der Waals surface area contributed by atoms with Gasteiger partial charge in [-0.25, -0.2) is 13.1 Å². The van der Waals surface area contributed by atoms with Gasteiger partial charge in [0.15, 0.2) is 0 Å². The molecule has 1 heterocycles. The van der Waals surface area contributed by atoms with Crippen LogP contribution < -0.4 is 4.72 Å². The molecule has 0 spiro atoms. The van der Waals surface area contributed by atoms with Gasteiger partial charge < -0.3 is 9.84 Å². The molecule has 1 aromatic heterocycles.